The molecule has 3 aliphatic rings. The van der Waals surface area contributed by atoms with Gasteiger partial charge in [-0.25, -0.2) is 0 Å². The van der Waals surface area contributed by atoms with Crippen LogP contribution in [0.3, 0.4) is 0 Å². The molecule has 2 fully saturated rings. The van der Waals surface area contributed by atoms with Crippen molar-refractivity contribution in [3.8, 4) is 0 Å². The average Bonchev–Trinajstić information content (AvgIpc) is 3.40. The molecule has 0 saturated carbocycles. The van der Waals surface area contributed by atoms with Crippen molar-refractivity contribution in [1.82, 2.24) is 14.8 Å². The highest BCUT2D eigenvalue weighted by molar-refractivity contribution is 5.93. The highest BCUT2D eigenvalue weighted by atomic mass is 16.5. The van der Waals surface area contributed by atoms with E-state index in [0.717, 1.165) is 11.3 Å². The maximum atomic E-state index is 13.4. The Kier molecular flexibility index (Phi) is 4.89. The predicted molar refractivity (Wildman–Crippen MR) is 116 cm³/mol. The number of likely N-dealkylation sites (N-methyl/N-ethyl adjacent to an activating group) is 1. The lowest BCUT2D eigenvalue weighted by atomic mass is 9.76. The fourth-order valence-electron chi connectivity index (χ4n) is 5.22. The summed E-state index contributed by atoms with van der Waals surface area (Å²) in [6.45, 7) is 3.64. The predicted octanol–water partition coefficient (Wildman–Crippen LogP) is 2.37. The zero-order valence-corrected chi connectivity index (χ0v) is 17.9. The number of hydrogen-bond acceptors (Lipinski definition) is 4. The number of carbonyl (C=O) groups is 2. The standard InChI is InChI=1S/C25H27N3O3/c1-17-6-5-7-18(14-17)15-28-16-25-11-9-20(31-25)21(22(25)24(28)30)23(29)27(2)13-10-19-8-3-4-12-26-19/h3-9,11-12,14,20-22H,10,13,15-16H2,1-2H3/t20-,21+,22-,25-/m0/s1. The Morgan fingerprint density at radius 3 is 2.94 bits per heavy atom. The summed E-state index contributed by atoms with van der Waals surface area (Å²) in [7, 11) is 1.80. The van der Waals surface area contributed by atoms with Gasteiger partial charge in [0.1, 0.15) is 5.60 Å². The first kappa shape index (κ1) is 19.9. The molecule has 2 aromatic rings. The van der Waals surface area contributed by atoms with Crippen molar-refractivity contribution in [3.63, 3.8) is 0 Å². The molecule has 2 amide bonds. The van der Waals surface area contributed by atoms with Crippen molar-refractivity contribution in [1.29, 1.82) is 0 Å². The summed E-state index contributed by atoms with van der Waals surface area (Å²) >= 11 is 0. The number of hydrogen-bond donors (Lipinski definition) is 0. The Hall–Kier alpha value is -2.99. The minimum atomic E-state index is -0.673. The van der Waals surface area contributed by atoms with E-state index in [4.69, 9.17) is 4.74 Å². The molecule has 160 valence electrons. The van der Waals surface area contributed by atoms with Crippen molar-refractivity contribution in [2.75, 3.05) is 20.1 Å². The quantitative estimate of drug-likeness (QED) is 0.677. The van der Waals surface area contributed by atoms with Crippen LogP contribution < -0.4 is 0 Å². The summed E-state index contributed by atoms with van der Waals surface area (Å²) < 4.78 is 6.26. The Labute approximate surface area is 182 Å². The van der Waals surface area contributed by atoms with Crippen LogP contribution in [-0.4, -0.2) is 58.4 Å². The van der Waals surface area contributed by atoms with Crippen LogP contribution in [-0.2, 0) is 27.3 Å². The van der Waals surface area contributed by atoms with Crippen LogP contribution in [0.15, 0.2) is 60.8 Å². The van der Waals surface area contributed by atoms with Gasteiger partial charge in [0, 0.05) is 38.4 Å². The van der Waals surface area contributed by atoms with Crippen LogP contribution in [0.4, 0.5) is 0 Å². The van der Waals surface area contributed by atoms with Gasteiger partial charge in [0.25, 0.3) is 0 Å². The molecular weight excluding hydrogens is 390 g/mol. The summed E-state index contributed by atoms with van der Waals surface area (Å²) in [5.41, 5.74) is 2.54. The summed E-state index contributed by atoms with van der Waals surface area (Å²) in [6, 6.07) is 14.0. The third-order valence-corrected chi connectivity index (χ3v) is 6.73. The molecule has 1 aromatic heterocycles. The Bertz CT molecular complexity index is 1040. The molecule has 0 N–H and O–H groups in total. The third kappa shape index (κ3) is 3.45. The molecular formula is C25H27N3O3. The smallest absolute Gasteiger partial charge is 0.230 e. The van der Waals surface area contributed by atoms with E-state index in [-0.39, 0.29) is 17.9 Å². The molecule has 0 unspecified atom stereocenters. The Balaban J connectivity index is 1.31. The first-order chi connectivity index (χ1) is 15.0. The first-order valence-corrected chi connectivity index (χ1v) is 10.8. The number of nitrogens with zero attached hydrogens (tertiary/aromatic N) is 3. The number of aryl methyl sites for hydroxylation is 1. The van der Waals surface area contributed by atoms with Crippen LogP contribution >= 0.6 is 0 Å². The Morgan fingerprint density at radius 2 is 2.16 bits per heavy atom. The zero-order chi connectivity index (χ0) is 21.6. The number of rotatable bonds is 6. The molecule has 1 aromatic carbocycles. The first-order valence-electron chi connectivity index (χ1n) is 10.8. The second-order valence-electron chi connectivity index (χ2n) is 8.91. The lowest BCUT2D eigenvalue weighted by Crippen LogP contribution is -2.45. The van der Waals surface area contributed by atoms with E-state index in [1.54, 1.807) is 18.1 Å². The van der Waals surface area contributed by atoms with Gasteiger partial charge in [-0.1, -0.05) is 48.0 Å². The van der Waals surface area contributed by atoms with Gasteiger partial charge in [-0.15, -0.1) is 0 Å². The van der Waals surface area contributed by atoms with E-state index >= 15 is 0 Å². The molecule has 2 bridgehead atoms. The number of pyridine rings is 1. The molecule has 2 saturated heterocycles. The van der Waals surface area contributed by atoms with Gasteiger partial charge in [-0.2, -0.15) is 0 Å². The van der Waals surface area contributed by atoms with Gasteiger partial charge >= 0.3 is 0 Å². The van der Waals surface area contributed by atoms with Crippen molar-refractivity contribution >= 4 is 11.8 Å². The van der Waals surface area contributed by atoms with E-state index in [1.165, 1.54) is 5.56 Å². The molecule has 31 heavy (non-hydrogen) atoms. The average molecular weight is 418 g/mol. The SMILES string of the molecule is Cc1cccc(CN2C[C@]34C=C[C@H](O3)[C@@H](C(=O)N(C)CCc3ccccn3)[C@H]4C2=O)c1. The normalized spacial score (nSPS) is 28.3. The third-order valence-electron chi connectivity index (χ3n) is 6.73. The van der Waals surface area contributed by atoms with E-state index in [0.29, 0.717) is 26.1 Å². The van der Waals surface area contributed by atoms with Crippen molar-refractivity contribution in [3.05, 3.63) is 77.6 Å². The second-order valence-corrected chi connectivity index (χ2v) is 8.91. The van der Waals surface area contributed by atoms with Crippen LogP contribution in [0, 0.1) is 18.8 Å². The molecule has 3 aliphatic heterocycles. The van der Waals surface area contributed by atoms with Crippen molar-refractivity contribution in [2.24, 2.45) is 11.8 Å². The minimum Gasteiger partial charge on any atom is -0.360 e. The number of ether oxygens (including phenoxy) is 1. The van der Waals surface area contributed by atoms with Crippen LogP contribution in [0.1, 0.15) is 16.8 Å². The molecule has 6 heteroatoms. The lowest BCUT2D eigenvalue weighted by Gasteiger charge is -2.27. The maximum Gasteiger partial charge on any atom is 0.230 e. The number of benzene rings is 1. The second kappa shape index (κ2) is 7.61. The fraction of sp³-hybridized carbons (Fsp3) is 0.400. The minimum absolute atomic E-state index is 0.0184. The topological polar surface area (TPSA) is 62.7 Å². The van der Waals surface area contributed by atoms with Crippen molar-refractivity contribution < 1.29 is 14.3 Å². The molecule has 0 radical (unpaired) electrons. The molecule has 0 aliphatic carbocycles. The largest absolute Gasteiger partial charge is 0.360 e. The number of fused-ring (bicyclic) bond motifs is 1. The van der Waals surface area contributed by atoms with Crippen LogP contribution in [0.25, 0.3) is 0 Å². The van der Waals surface area contributed by atoms with E-state index < -0.39 is 17.4 Å². The van der Waals surface area contributed by atoms with Gasteiger partial charge in [0.05, 0.1) is 24.5 Å². The monoisotopic (exact) mass is 417 g/mol. The summed E-state index contributed by atoms with van der Waals surface area (Å²) in [4.78, 5) is 34.7. The van der Waals surface area contributed by atoms with E-state index in [2.05, 4.69) is 11.1 Å². The number of carbonyl (C=O) groups excluding carboxylic acids is 2. The fourth-order valence-corrected chi connectivity index (χ4v) is 5.22. The lowest BCUT2D eigenvalue weighted by molar-refractivity contribution is -0.142. The van der Waals surface area contributed by atoms with Crippen LogP contribution in [0.2, 0.25) is 0 Å². The molecule has 1 spiro atoms. The van der Waals surface area contributed by atoms with Gasteiger partial charge in [0.2, 0.25) is 11.8 Å². The van der Waals surface area contributed by atoms with E-state index in [1.807, 2.05) is 60.4 Å². The maximum absolute atomic E-state index is 13.4. The van der Waals surface area contributed by atoms with Gasteiger partial charge < -0.3 is 14.5 Å². The highest BCUT2D eigenvalue weighted by Gasteiger charge is 2.67. The molecule has 6 nitrogen and oxygen atoms in total. The molecule has 5 rings (SSSR count). The summed E-state index contributed by atoms with van der Waals surface area (Å²) in [5, 5.41) is 0. The highest BCUT2D eigenvalue weighted by Crippen LogP contribution is 2.52. The molecule has 4 atom stereocenters. The van der Waals surface area contributed by atoms with Gasteiger partial charge in [0.15, 0.2) is 0 Å². The number of amides is 2. The van der Waals surface area contributed by atoms with E-state index in [9.17, 15) is 9.59 Å². The van der Waals surface area contributed by atoms with Gasteiger partial charge in [-0.05, 0) is 24.6 Å². The van der Waals surface area contributed by atoms with Gasteiger partial charge in [-0.3, -0.25) is 14.6 Å². The number of aromatic nitrogens is 1. The summed E-state index contributed by atoms with van der Waals surface area (Å²) in [5.74, 6) is -0.918. The van der Waals surface area contributed by atoms with Crippen LogP contribution in [0.5, 0.6) is 0 Å². The number of likely N-dealkylation sites (tertiary alicyclic amines) is 1. The van der Waals surface area contributed by atoms with Crippen molar-refractivity contribution in [2.45, 2.75) is 31.6 Å². The zero-order valence-electron chi connectivity index (χ0n) is 17.9. The molecule has 4 heterocycles. The Morgan fingerprint density at radius 1 is 1.29 bits per heavy atom. The summed E-state index contributed by atoms with van der Waals surface area (Å²) in [6.07, 6.45) is 6.10.